The molecule has 2 amide bonds. The van der Waals surface area contributed by atoms with Gasteiger partial charge in [-0.05, 0) is 23.8 Å². The number of carbonyl (C=O) groups excluding carboxylic acids is 2. The van der Waals surface area contributed by atoms with Gasteiger partial charge in [0.25, 0.3) is 5.91 Å². The summed E-state index contributed by atoms with van der Waals surface area (Å²) in [5.74, 6) is -1.50. The fourth-order valence-corrected chi connectivity index (χ4v) is 2.98. The van der Waals surface area contributed by atoms with Gasteiger partial charge < -0.3 is 0 Å². The predicted octanol–water partition coefficient (Wildman–Crippen LogP) is 3.60. The van der Waals surface area contributed by atoms with E-state index in [1.807, 2.05) is 6.07 Å². The summed E-state index contributed by atoms with van der Waals surface area (Å²) >= 11 is 6.19. The molecular weight excluding hydrogens is 338 g/mol. The number of aliphatic imine (C=N–C) groups is 1. The molecule has 5 nitrogen and oxygen atoms in total. The van der Waals surface area contributed by atoms with Crippen LogP contribution in [0.1, 0.15) is 28.3 Å². The summed E-state index contributed by atoms with van der Waals surface area (Å²) < 4.78 is 0. The third-order valence-corrected chi connectivity index (χ3v) is 4.24. The Morgan fingerprint density at radius 3 is 2.64 bits per heavy atom. The molecule has 0 spiro atoms. The van der Waals surface area contributed by atoms with Gasteiger partial charge in [0.05, 0.1) is 35.7 Å². The average molecular weight is 352 g/mol. The molecule has 0 saturated carbocycles. The SMILES string of the molecule is N#CCCN=C[C@H]1C(=O)N(c2ccccc2Cl)C(=O)c2ccccc21. The van der Waals surface area contributed by atoms with Crippen LogP contribution in [0.5, 0.6) is 0 Å². The first-order valence-corrected chi connectivity index (χ1v) is 8.11. The molecule has 6 heteroatoms. The maximum Gasteiger partial charge on any atom is 0.265 e. The fraction of sp³-hybridized carbons (Fsp3) is 0.158. The molecule has 2 aromatic rings. The van der Waals surface area contributed by atoms with Gasteiger partial charge in [-0.2, -0.15) is 5.26 Å². The Morgan fingerprint density at radius 2 is 1.88 bits per heavy atom. The number of carbonyl (C=O) groups is 2. The van der Waals surface area contributed by atoms with E-state index in [9.17, 15) is 9.59 Å². The van der Waals surface area contributed by atoms with Crippen LogP contribution in [0.2, 0.25) is 5.02 Å². The van der Waals surface area contributed by atoms with E-state index in [1.165, 1.54) is 6.21 Å². The van der Waals surface area contributed by atoms with E-state index in [-0.39, 0.29) is 6.42 Å². The second-order valence-corrected chi connectivity index (χ2v) is 5.87. The van der Waals surface area contributed by atoms with Crippen molar-refractivity contribution in [1.82, 2.24) is 0 Å². The number of fused-ring (bicyclic) bond motifs is 1. The van der Waals surface area contributed by atoms with E-state index in [0.717, 1.165) is 4.90 Å². The number of amides is 2. The van der Waals surface area contributed by atoms with Gasteiger partial charge in [0.1, 0.15) is 0 Å². The zero-order chi connectivity index (χ0) is 17.8. The molecule has 25 heavy (non-hydrogen) atoms. The molecule has 1 aliphatic heterocycles. The molecule has 0 radical (unpaired) electrons. The van der Waals surface area contributed by atoms with Crippen molar-refractivity contribution < 1.29 is 9.59 Å². The van der Waals surface area contributed by atoms with Gasteiger partial charge >= 0.3 is 0 Å². The number of nitrogens with zero attached hydrogens (tertiary/aromatic N) is 3. The number of benzene rings is 2. The minimum atomic E-state index is -0.691. The molecule has 0 N–H and O–H groups in total. The Bertz CT molecular complexity index is 902. The zero-order valence-corrected chi connectivity index (χ0v) is 14.0. The molecule has 0 unspecified atom stereocenters. The van der Waals surface area contributed by atoms with Crippen molar-refractivity contribution in [3.05, 3.63) is 64.7 Å². The molecule has 0 aliphatic carbocycles. The first-order chi connectivity index (χ1) is 12.1. The minimum Gasteiger partial charge on any atom is -0.295 e. The number of rotatable bonds is 4. The van der Waals surface area contributed by atoms with Crippen LogP contribution in [0.4, 0.5) is 5.69 Å². The first-order valence-electron chi connectivity index (χ1n) is 7.74. The summed E-state index contributed by atoms with van der Waals surface area (Å²) in [4.78, 5) is 31.1. The number of halogens is 1. The van der Waals surface area contributed by atoms with Crippen molar-refractivity contribution in [3.8, 4) is 6.07 Å². The maximum atomic E-state index is 13.0. The van der Waals surface area contributed by atoms with Gasteiger partial charge in [0.15, 0.2) is 0 Å². The monoisotopic (exact) mass is 351 g/mol. The van der Waals surface area contributed by atoms with Gasteiger partial charge in [0, 0.05) is 11.8 Å². The average Bonchev–Trinajstić information content (AvgIpc) is 2.63. The van der Waals surface area contributed by atoms with Crippen LogP contribution < -0.4 is 4.90 Å². The van der Waals surface area contributed by atoms with Gasteiger partial charge in [-0.3, -0.25) is 14.6 Å². The van der Waals surface area contributed by atoms with E-state index in [1.54, 1.807) is 48.5 Å². The third-order valence-electron chi connectivity index (χ3n) is 3.92. The highest BCUT2D eigenvalue weighted by Gasteiger charge is 2.39. The summed E-state index contributed by atoms with van der Waals surface area (Å²) in [6.45, 7) is 0.308. The Balaban J connectivity index is 2.07. The van der Waals surface area contributed by atoms with Crippen molar-refractivity contribution in [2.75, 3.05) is 11.4 Å². The quantitative estimate of drug-likeness (QED) is 0.480. The predicted molar refractivity (Wildman–Crippen MR) is 96.0 cm³/mol. The van der Waals surface area contributed by atoms with Gasteiger partial charge in [-0.15, -0.1) is 0 Å². The van der Waals surface area contributed by atoms with Gasteiger partial charge in [-0.25, -0.2) is 4.90 Å². The Labute approximate surface area is 150 Å². The van der Waals surface area contributed by atoms with Crippen LogP contribution >= 0.6 is 11.6 Å². The highest BCUT2D eigenvalue weighted by Crippen LogP contribution is 2.35. The van der Waals surface area contributed by atoms with Crippen molar-refractivity contribution in [2.24, 2.45) is 4.99 Å². The lowest BCUT2D eigenvalue weighted by Gasteiger charge is -2.31. The number of hydrogen-bond acceptors (Lipinski definition) is 4. The van der Waals surface area contributed by atoms with Crippen LogP contribution in [-0.2, 0) is 4.79 Å². The van der Waals surface area contributed by atoms with Crippen molar-refractivity contribution >= 4 is 35.3 Å². The molecule has 1 heterocycles. The zero-order valence-electron chi connectivity index (χ0n) is 13.2. The molecule has 124 valence electrons. The summed E-state index contributed by atoms with van der Waals surface area (Å²) in [5, 5.41) is 8.93. The molecule has 2 aromatic carbocycles. The lowest BCUT2D eigenvalue weighted by molar-refractivity contribution is -0.118. The number of para-hydroxylation sites is 1. The maximum absolute atomic E-state index is 13.0. The Kier molecular flexibility index (Phi) is 4.92. The molecule has 0 aromatic heterocycles. The first kappa shape index (κ1) is 16.9. The van der Waals surface area contributed by atoms with Gasteiger partial charge in [-0.1, -0.05) is 41.9 Å². The lowest BCUT2D eigenvalue weighted by Crippen LogP contribution is -2.45. The van der Waals surface area contributed by atoms with E-state index in [4.69, 9.17) is 16.9 Å². The second-order valence-electron chi connectivity index (χ2n) is 5.46. The molecule has 0 saturated heterocycles. The van der Waals surface area contributed by atoms with E-state index >= 15 is 0 Å². The molecule has 3 rings (SSSR count). The number of anilines is 1. The van der Waals surface area contributed by atoms with Crippen molar-refractivity contribution in [2.45, 2.75) is 12.3 Å². The van der Waals surface area contributed by atoms with E-state index in [0.29, 0.717) is 28.4 Å². The summed E-state index contributed by atoms with van der Waals surface area (Å²) in [6, 6.07) is 15.7. The molecule has 0 fully saturated rings. The molecule has 1 atom stereocenters. The summed E-state index contributed by atoms with van der Waals surface area (Å²) in [6.07, 6.45) is 1.78. The standard InChI is InChI=1S/C19H14ClN3O2/c20-16-8-3-4-9-17(16)23-18(24)14-7-2-1-6-13(14)15(19(23)25)12-22-11-5-10-21/h1-4,6-9,12,15H,5,11H2/t15-/m1/s1. The summed E-state index contributed by atoms with van der Waals surface area (Å²) in [7, 11) is 0. The number of hydrogen-bond donors (Lipinski definition) is 0. The van der Waals surface area contributed by atoms with Crippen molar-refractivity contribution in [3.63, 3.8) is 0 Å². The molecule has 0 bridgehead atoms. The Morgan fingerprint density at radius 1 is 1.16 bits per heavy atom. The lowest BCUT2D eigenvalue weighted by atomic mass is 9.89. The van der Waals surface area contributed by atoms with Crippen LogP contribution in [0.25, 0.3) is 0 Å². The van der Waals surface area contributed by atoms with Crippen LogP contribution in [0.3, 0.4) is 0 Å². The Hall–Kier alpha value is -2.97. The molecular formula is C19H14ClN3O2. The van der Waals surface area contributed by atoms with Gasteiger partial charge in [0.2, 0.25) is 5.91 Å². The topological polar surface area (TPSA) is 73.5 Å². The summed E-state index contributed by atoms with van der Waals surface area (Å²) in [5.41, 5.74) is 1.41. The largest absolute Gasteiger partial charge is 0.295 e. The molecule has 1 aliphatic rings. The van der Waals surface area contributed by atoms with Crippen molar-refractivity contribution in [1.29, 1.82) is 5.26 Å². The van der Waals surface area contributed by atoms with Crippen LogP contribution in [0.15, 0.2) is 53.5 Å². The highest BCUT2D eigenvalue weighted by atomic mass is 35.5. The smallest absolute Gasteiger partial charge is 0.265 e. The fourth-order valence-electron chi connectivity index (χ4n) is 2.76. The normalized spacial score (nSPS) is 16.8. The highest BCUT2D eigenvalue weighted by molar-refractivity contribution is 6.37. The van der Waals surface area contributed by atoms with Crippen LogP contribution in [0, 0.1) is 11.3 Å². The van der Waals surface area contributed by atoms with E-state index in [2.05, 4.69) is 4.99 Å². The van der Waals surface area contributed by atoms with Crippen LogP contribution in [-0.4, -0.2) is 24.6 Å². The number of nitriles is 1. The van der Waals surface area contributed by atoms with E-state index < -0.39 is 17.7 Å². The second kappa shape index (κ2) is 7.29. The third kappa shape index (κ3) is 3.17. The number of imide groups is 1. The minimum absolute atomic E-state index is 0.270.